The molecule has 15 heavy (non-hydrogen) atoms. The Hall–Kier alpha value is -1.55. The van der Waals surface area contributed by atoms with E-state index in [0.29, 0.717) is 5.57 Å². The Morgan fingerprint density at radius 3 is 2.47 bits per heavy atom. The second-order valence-electron chi connectivity index (χ2n) is 3.32. The summed E-state index contributed by atoms with van der Waals surface area (Å²) in [6.45, 7) is 3.60. The fourth-order valence-electron chi connectivity index (χ4n) is 0.924. The van der Waals surface area contributed by atoms with E-state index >= 15 is 0 Å². The highest BCUT2D eigenvalue weighted by Crippen LogP contribution is 2.14. The molecule has 0 aliphatic heterocycles. The minimum absolute atomic E-state index is 0. The van der Waals surface area contributed by atoms with Gasteiger partial charge in [0.25, 0.3) is 0 Å². The number of aliphatic hydroxyl groups excluding tert-OH is 1. The Kier molecular flexibility index (Phi) is 4.81. The summed E-state index contributed by atoms with van der Waals surface area (Å²) in [5.41, 5.74) is 0.417. The maximum Gasteiger partial charge on any atom is 0.182 e. The molecule has 4 nitrogen and oxygen atoms in total. The molecule has 2 N–H and O–H groups in total. The Bertz CT molecular complexity index is 327. The molecule has 0 aromatic rings. The molecule has 4 heteroatoms. The van der Waals surface area contributed by atoms with E-state index in [2.05, 4.69) is 0 Å². The molecule has 0 spiro atoms. The molecule has 0 amide bonds. The summed E-state index contributed by atoms with van der Waals surface area (Å²) in [5, 5.41) is 19.7. The molecule has 0 aromatic heterocycles. The van der Waals surface area contributed by atoms with E-state index in [1.54, 1.807) is 13.8 Å². The largest absolute Gasteiger partial charge is 0.507 e. The van der Waals surface area contributed by atoms with E-state index in [1.807, 2.05) is 0 Å². The molecule has 0 radical (unpaired) electrons. The minimum atomic E-state index is -0.256. The van der Waals surface area contributed by atoms with Gasteiger partial charge < -0.3 is 5.11 Å². The van der Waals surface area contributed by atoms with Crippen molar-refractivity contribution in [3.63, 3.8) is 0 Å². The normalized spacial score (nSPS) is 17.7. The third-order valence-electron chi connectivity index (χ3n) is 1.80. The van der Waals surface area contributed by atoms with Gasteiger partial charge in [0.15, 0.2) is 5.78 Å². The van der Waals surface area contributed by atoms with E-state index < -0.39 is 0 Å². The van der Waals surface area contributed by atoms with Crippen LogP contribution in [0.1, 0.15) is 21.3 Å². The lowest BCUT2D eigenvalue weighted by atomic mass is 10.1. The molecule has 0 bridgehead atoms. The number of hydrogen-bond acceptors (Lipinski definition) is 4. The predicted molar refractivity (Wildman–Crippen MR) is 58.4 cm³/mol. The van der Waals surface area contributed by atoms with Gasteiger partial charge in [0.2, 0.25) is 0 Å². The smallest absolute Gasteiger partial charge is 0.182 e. The zero-order valence-corrected chi connectivity index (χ0v) is 8.14. The lowest BCUT2D eigenvalue weighted by molar-refractivity contribution is -0.110. The van der Waals surface area contributed by atoms with Crippen LogP contribution in [0.2, 0.25) is 0 Å². The van der Waals surface area contributed by atoms with Crippen LogP contribution in [0.5, 0.6) is 0 Å². The van der Waals surface area contributed by atoms with Crippen LogP contribution >= 0.6 is 0 Å². The quantitative estimate of drug-likeness (QED) is 0.687. The Balaban J connectivity index is 0.00000196. The van der Waals surface area contributed by atoms with Crippen molar-refractivity contribution in [3.05, 3.63) is 35.8 Å². The van der Waals surface area contributed by atoms with Gasteiger partial charge in [-0.15, -0.1) is 0 Å². The van der Waals surface area contributed by atoms with Crippen molar-refractivity contribution in [1.82, 2.24) is 5.06 Å². The van der Waals surface area contributed by atoms with Crippen molar-refractivity contribution in [3.8, 4) is 0 Å². The van der Waals surface area contributed by atoms with Gasteiger partial charge in [-0.25, -0.2) is 0 Å². The number of aliphatic hydroxyl groups is 1. The van der Waals surface area contributed by atoms with Gasteiger partial charge in [-0.3, -0.25) is 15.1 Å². The van der Waals surface area contributed by atoms with E-state index in [0.717, 1.165) is 11.1 Å². The summed E-state index contributed by atoms with van der Waals surface area (Å²) in [4.78, 5) is 10.8. The number of nitrogens with zero attached hydrogens (tertiary/aromatic N) is 1. The topological polar surface area (TPSA) is 60.8 Å². The van der Waals surface area contributed by atoms with Crippen molar-refractivity contribution < 1.29 is 15.1 Å². The van der Waals surface area contributed by atoms with Crippen LogP contribution in [-0.2, 0) is 4.79 Å². The zero-order valence-electron chi connectivity index (χ0n) is 8.14. The van der Waals surface area contributed by atoms with E-state index in [4.69, 9.17) is 0 Å². The van der Waals surface area contributed by atoms with E-state index in [1.165, 1.54) is 18.4 Å². The third kappa shape index (κ3) is 3.59. The monoisotopic (exact) mass is 211 g/mol. The molecule has 0 heterocycles. The van der Waals surface area contributed by atoms with Crippen LogP contribution < -0.4 is 0 Å². The standard InChI is InChI=1S/C10H13NO3.CH4/c1-7(2)11(14)6-8-3-4-9(12)5-10(8)13;/h3-7,13-14H,1-2H3;1H4. The maximum atomic E-state index is 10.8. The van der Waals surface area contributed by atoms with Crippen LogP contribution in [0.4, 0.5) is 0 Å². The summed E-state index contributed by atoms with van der Waals surface area (Å²) in [6, 6.07) is -0.0821. The van der Waals surface area contributed by atoms with Crippen molar-refractivity contribution in [1.29, 1.82) is 0 Å². The summed E-state index contributed by atoms with van der Waals surface area (Å²) in [5.74, 6) is -0.383. The Morgan fingerprint density at radius 1 is 1.40 bits per heavy atom. The van der Waals surface area contributed by atoms with Crippen LogP contribution in [-0.4, -0.2) is 27.2 Å². The number of carbonyl (C=O) groups is 1. The molecule has 1 aliphatic carbocycles. The molecule has 0 saturated heterocycles. The molecular weight excluding hydrogens is 194 g/mol. The summed E-state index contributed by atoms with van der Waals surface area (Å²) in [7, 11) is 0. The summed E-state index contributed by atoms with van der Waals surface area (Å²) in [6.07, 6.45) is 5.28. The van der Waals surface area contributed by atoms with Crippen LogP contribution in [0, 0.1) is 0 Å². The van der Waals surface area contributed by atoms with E-state index in [9.17, 15) is 15.1 Å². The van der Waals surface area contributed by atoms with Gasteiger partial charge in [0, 0.05) is 17.8 Å². The molecular formula is C11H17NO3. The summed E-state index contributed by atoms with van der Waals surface area (Å²) < 4.78 is 0. The van der Waals surface area contributed by atoms with Crippen LogP contribution in [0.3, 0.4) is 0 Å². The summed E-state index contributed by atoms with van der Waals surface area (Å²) >= 11 is 0. The molecule has 84 valence electrons. The first kappa shape index (κ1) is 13.4. The number of carbonyl (C=O) groups excluding carboxylic acids is 1. The Labute approximate surface area is 89.8 Å². The van der Waals surface area contributed by atoms with Gasteiger partial charge >= 0.3 is 0 Å². The molecule has 0 aromatic carbocycles. The number of rotatable bonds is 2. The average molecular weight is 211 g/mol. The van der Waals surface area contributed by atoms with Gasteiger partial charge in [0.05, 0.1) is 6.04 Å². The first-order valence-electron chi connectivity index (χ1n) is 4.33. The third-order valence-corrected chi connectivity index (χ3v) is 1.80. The highest BCUT2D eigenvalue weighted by Gasteiger charge is 2.10. The fourth-order valence-corrected chi connectivity index (χ4v) is 0.924. The predicted octanol–water partition coefficient (Wildman–Crippen LogP) is 2.19. The van der Waals surface area contributed by atoms with Crippen LogP contribution in [0.25, 0.3) is 0 Å². The molecule has 0 saturated carbocycles. The maximum absolute atomic E-state index is 10.8. The number of hydrogen-bond donors (Lipinski definition) is 2. The number of allylic oxidation sites excluding steroid dienone is 3. The highest BCUT2D eigenvalue weighted by molar-refractivity contribution is 6.01. The Morgan fingerprint density at radius 2 is 2.00 bits per heavy atom. The first-order valence-corrected chi connectivity index (χ1v) is 4.33. The van der Waals surface area contributed by atoms with Crippen molar-refractivity contribution >= 4 is 5.78 Å². The fraction of sp³-hybridized carbons (Fsp3) is 0.364. The molecule has 1 rings (SSSR count). The zero-order chi connectivity index (χ0) is 10.7. The van der Waals surface area contributed by atoms with Gasteiger partial charge in [0.1, 0.15) is 5.76 Å². The van der Waals surface area contributed by atoms with Gasteiger partial charge in [-0.2, -0.15) is 0 Å². The second kappa shape index (κ2) is 5.36. The number of hydroxylamine groups is 2. The van der Waals surface area contributed by atoms with Crippen molar-refractivity contribution in [2.75, 3.05) is 0 Å². The van der Waals surface area contributed by atoms with E-state index in [-0.39, 0.29) is 25.0 Å². The SMILES string of the molecule is C.CC(C)N(O)C=C1C=CC(=O)C=C1O. The lowest BCUT2D eigenvalue weighted by Gasteiger charge is -2.18. The minimum Gasteiger partial charge on any atom is -0.507 e. The second-order valence-corrected chi connectivity index (χ2v) is 3.32. The average Bonchev–Trinajstić information content (AvgIpc) is 2.09. The molecule has 0 fully saturated rings. The van der Waals surface area contributed by atoms with Crippen LogP contribution in [0.15, 0.2) is 35.8 Å². The van der Waals surface area contributed by atoms with Gasteiger partial charge in [-0.05, 0) is 26.0 Å². The van der Waals surface area contributed by atoms with Crippen molar-refractivity contribution in [2.45, 2.75) is 27.3 Å². The first-order chi connectivity index (χ1) is 6.50. The molecule has 1 aliphatic rings. The number of ketones is 1. The van der Waals surface area contributed by atoms with Crippen molar-refractivity contribution in [2.24, 2.45) is 0 Å². The lowest BCUT2D eigenvalue weighted by Crippen LogP contribution is -2.21. The molecule has 0 atom stereocenters. The van der Waals surface area contributed by atoms with Gasteiger partial charge in [-0.1, -0.05) is 7.43 Å². The molecule has 0 unspecified atom stereocenters. The highest BCUT2D eigenvalue weighted by atomic mass is 16.5.